The van der Waals surface area contributed by atoms with Crippen LogP contribution in [0.25, 0.3) is 0 Å². The monoisotopic (exact) mass is 323 g/mol. The van der Waals surface area contributed by atoms with Crippen molar-refractivity contribution in [2.24, 2.45) is 0 Å². The summed E-state index contributed by atoms with van der Waals surface area (Å²) in [5, 5.41) is 19.7. The van der Waals surface area contributed by atoms with Gasteiger partial charge < -0.3 is 19.7 Å². The number of esters is 1. The van der Waals surface area contributed by atoms with Crippen LogP contribution in [0.5, 0.6) is 5.75 Å². The lowest BCUT2D eigenvalue weighted by molar-refractivity contribution is 0.0243. The largest absolute Gasteiger partial charge is 0.491 e. The average molecular weight is 323 g/mol. The van der Waals surface area contributed by atoms with Gasteiger partial charge in [-0.2, -0.15) is 0 Å². The highest BCUT2D eigenvalue weighted by atomic mass is 16.5. The fourth-order valence-electron chi connectivity index (χ4n) is 2.64. The predicted octanol–water partition coefficient (Wildman–Crippen LogP) is 1.06. The van der Waals surface area contributed by atoms with E-state index in [2.05, 4.69) is 0 Å². The normalized spacial score (nSPS) is 20.0. The summed E-state index contributed by atoms with van der Waals surface area (Å²) in [6.45, 7) is 4.25. The molecule has 2 atom stereocenters. The van der Waals surface area contributed by atoms with Crippen molar-refractivity contribution in [3.8, 4) is 5.75 Å². The smallest absolute Gasteiger partial charge is 0.338 e. The quantitative estimate of drug-likeness (QED) is 0.731. The van der Waals surface area contributed by atoms with Crippen molar-refractivity contribution in [1.82, 2.24) is 4.90 Å². The highest BCUT2D eigenvalue weighted by Gasteiger charge is 2.20. The summed E-state index contributed by atoms with van der Waals surface area (Å²) in [6, 6.07) is 6.65. The first-order valence-corrected chi connectivity index (χ1v) is 8.07. The molecule has 1 fully saturated rings. The summed E-state index contributed by atoms with van der Waals surface area (Å²) in [4.78, 5) is 13.6. The van der Waals surface area contributed by atoms with Crippen LogP contribution in [0.15, 0.2) is 24.3 Å². The third-order valence-electron chi connectivity index (χ3n) is 3.76. The van der Waals surface area contributed by atoms with E-state index in [0.717, 1.165) is 19.4 Å². The Bertz CT molecular complexity index is 490. The molecule has 6 heteroatoms. The van der Waals surface area contributed by atoms with Gasteiger partial charge in [0, 0.05) is 13.1 Å². The maximum atomic E-state index is 11.5. The molecular formula is C17H25NO5. The first-order valence-electron chi connectivity index (χ1n) is 8.07. The molecule has 0 saturated carbocycles. The molecular weight excluding hydrogens is 298 g/mol. The Morgan fingerprint density at radius 3 is 2.78 bits per heavy atom. The second kappa shape index (κ2) is 8.86. The molecule has 0 radical (unpaired) electrons. The highest BCUT2D eigenvalue weighted by molar-refractivity contribution is 5.89. The second-order valence-corrected chi connectivity index (χ2v) is 5.77. The summed E-state index contributed by atoms with van der Waals surface area (Å²) >= 11 is 0. The third kappa shape index (κ3) is 5.82. The van der Waals surface area contributed by atoms with Crippen LogP contribution in [0.1, 0.15) is 30.1 Å². The van der Waals surface area contributed by atoms with E-state index in [1.807, 2.05) is 4.90 Å². The van der Waals surface area contributed by atoms with Gasteiger partial charge in [-0.15, -0.1) is 0 Å². The molecule has 0 bridgehead atoms. The summed E-state index contributed by atoms with van der Waals surface area (Å²) in [6.07, 6.45) is 0.859. The van der Waals surface area contributed by atoms with Crippen LogP contribution in [0.3, 0.4) is 0 Å². The first kappa shape index (κ1) is 17.7. The van der Waals surface area contributed by atoms with Gasteiger partial charge in [-0.05, 0) is 50.6 Å². The van der Waals surface area contributed by atoms with Crippen molar-refractivity contribution < 1.29 is 24.5 Å². The number of rotatable bonds is 7. The Kier molecular flexibility index (Phi) is 6.83. The number of ether oxygens (including phenoxy) is 2. The summed E-state index contributed by atoms with van der Waals surface area (Å²) < 4.78 is 10.5. The number of likely N-dealkylation sites (tertiary alicyclic amines) is 1. The molecule has 2 N–H and O–H groups in total. The van der Waals surface area contributed by atoms with Gasteiger partial charge in [-0.25, -0.2) is 4.79 Å². The number of piperidine rings is 1. The van der Waals surface area contributed by atoms with Gasteiger partial charge in [0.15, 0.2) is 0 Å². The fourth-order valence-corrected chi connectivity index (χ4v) is 2.64. The van der Waals surface area contributed by atoms with Crippen LogP contribution >= 0.6 is 0 Å². The number of hydrogen-bond donors (Lipinski definition) is 2. The molecule has 1 aliphatic rings. The van der Waals surface area contributed by atoms with Crippen LogP contribution < -0.4 is 4.74 Å². The summed E-state index contributed by atoms with van der Waals surface area (Å²) in [5.74, 6) is 0.235. The molecule has 0 aliphatic carbocycles. The number of hydrogen-bond acceptors (Lipinski definition) is 6. The zero-order chi connectivity index (χ0) is 16.7. The maximum absolute atomic E-state index is 11.5. The number of aliphatic hydroxyl groups excluding tert-OH is 2. The van der Waals surface area contributed by atoms with Crippen LogP contribution in [0, 0.1) is 0 Å². The molecule has 0 spiro atoms. The molecule has 128 valence electrons. The van der Waals surface area contributed by atoms with Gasteiger partial charge in [-0.3, -0.25) is 4.90 Å². The average Bonchev–Trinajstić information content (AvgIpc) is 2.54. The molecule has 0 aromatic heterocycles. The first-order chi connectivity index (χ1) is 11.1. The Hall–Kier alpha value is -1.63. The van der Waals surface area contributed by atoms with Gasteiger partial charge >= 0.3 is 5.97 Å². The van der Waals surface area contributed by atoms with Crippen LogP contribution in [-0.2, 0) is 4.74 Å². The van der Waals surface area contributed by atoms with Gasteiger partial charge in [0.05, 0.1) is 18.3 Å². The minimum atomic E-state index is -0.620. The number of benzene rings is 1. The zero-order valence-electron chi connectivity index (χ0n) is 13.5. The minimum Gasteiger partial charge on any atom is -0.491 e. The van der Waals surface area contributed by atoms with E-state index in [4.69, 9.17) is 9.47 Å². The van der Waals surface area contributed by atoms with E-state index in [1.165, 1.54) is 0 Å². The molecule has 1 heterocycles. The van der Waals surface area contributed by atoms with Crippen molar-refractivity contribution in [2.45, 2.75) is 32.0 Å². The molecule has 1 saturated heterocycles. The third-order valence-corrected chi connectivity index (χ3v) is 3.76. The number of aliphatic hydroxyl groups is 2. The van der Waals surface area contributed by atoms with E-state index in [1.54, 1.807) is 31.2 Å². The van der Waals surface area contributed by atoms with E-state index in [-0.39, 0.29) is 18.7 Å². The lowest BCUT2D eigenvalue weighted by atomic mass is 10.1. The second-order valence-electron chi connectivity index (χ2n) is 5.77. The number of carbonyl (C=O) groups is 1. The summed E-state index contributed by atoms with van der Waals surface area (Å²) in [7, 11) is 0. The van der Waals surface area contributed by atoms with Crippen LogP contribution in [0.2, 0.25) is 0 Å². The molecule has 0 amide bonds. The van der Waals surface area contributed by atoms with Gasteiger partial charge in [0.2, 0.25) is 0 Å². The predicted molar refractivity (Wildman–Crippen MR) is 85.6 cm³/mol. The summed E-state index contributed by atoms with van der Waals surface area (Å²) in [5.41, 5.74) is 0.474. The standard InChI is InChI=1S/C17H25NO5/c1-2-22-17(21)13-5-7-16(8-6-13)23-12-15(20)11-18-9-3-4-14(19)10-18/h5-8,14-15,19-20H,2-4,9-12H2,1H3/t14-,15+/m1/s1. The SMILES string of the molecule is CCOC(=O)c1ccc(OC[C@@H](O)CN2CCC[C@@H](O)C2)cc1. The van der Waals surface area contributed by atoms with Crippen molar-refractivity contribution in [3.05, 3.63) is 29.8 Å². The lowest BCUT2D eigenvalue weighted by Gasteiger charge is -2.31. The Morgan fingerprint density at radius 1 is 1.39 bits per heavy atom. The molecule has 23 heavy (non-hydrogen) atoms. The number of carbonyl (C=O) groups excluding carboxylic acids is 1. The topological polar surface area (TPSA) is 79.2 Å². The van der Waals surface area contributed by atoms with E-state index in [0.29, 0.717) is 31.0 Å². The number of nitrogens with zero attached hydrogens (tertiary/aromatic N) is 1. The molecule has 1 aliphatic heterocycles. The zero-order valence-corrected chi connectivity index (χ0v) is 13.5. The van der Waals surface area contributed by atoms with Gasteiger partial charge in [-0.1, -0.05) is 0 Å². The van der Waals surface area contributed by atoms with Crippen molar-refractivity contribution in [3.63, 3.8) is 0 Å². The molecule has 1 aromatic carbocycles. The maximum Gasteiger partial charge on any atom is 0.338 e. The molecule has 0 unspecified atom stereocenters. The van der Waals surface area contributed by atoms with E-state index < -0.39 is 6.10 Å². The van der Waals surface area contributed by atoms with Crippen LogP contribution in [-0.4, -0.2) is 66.1 Å². The number of β-amino-alcohol motifs (C(OH)–C–C–N with tert-alkyl or cyclic N) is 2. The Balaban J connectivity index is 1.75. The lowest BCUT2D eigenvalue weighted by Crippen LogP contribution is -2.43. The Labute approximate surface area is 136 Å². The molecule has 1 aromatic rings. The highest BCUT2D eigenvalue weighted by Crippen LogP contribution is 2.14. The molecule has 2 rings (SSSR count). The Morgan fingerprint density at radius 2 is 2.13 bits per heavy atom. The van der Waals surface area contributed by atoms with Gasteiger partial charge in [0.25, 0.3) is 0 Å². The minimum absolute atomic E-state index is 0.172. The van der Waals surface area contributed by atoms with Gasteiger partial charge in [0.1, 0.15) is 18.5 Å². The fraction of sp³-hybridized carbons (Fsp3) is 0.588. The van der Waals surface area contributed by atoms with Crippen LogP contribution in [0.4, 0.5) is 0 Å². The van der Waals surface area contributed by atoms with Crippen molar-refractivity contribution in [2.75, 3.05) is 32.8 Å². The van der Waals surface area contributed by atoms with Crippen molar-refractivity contribution in [1.29, 1.82) is 0 Å². The van der Waals surface area contributed by atoms with Crippen molar-refractivity contribution >= 4 is 5.97 Å². The van der Waals surface area contributed by atoms with E-state index >= 15 is 0 Å². The molecule has 6 nitrogen and oxygen atoms in total. The van der Waals surface area contributed by atoms with E-state index in [9.17, 15) is 15.0 Å².